The molecule has 0 aromatic heterocycles. The Hall–Kier alpha value is -4.32. The molecule has 0 spiro atoms. The van der Waals surface area contributed by atoms with Crippen molar-refractivity contribution in [2.24, 2.45) is 23.5 Å². The first kappa shape index (κ1) is 55.0. The van der Waals surface area contributed by atoms with Gasteiger partial charge in [-0.2, -0.15) is 0 Å². The molecule has 0 saturated carbocycles. The summed E-state index contributed by atoms with van der Waals surface area (Å²) in [5.74, 6) is -6.35. The van der Waals surface area contributed by atoms with Gasteiger partial charge in [-0.3, -0.25) is 4.79 Å². The van der Waals surface area contributed by atoms with E-state index < -0.39 is 73.2 Å². The van der Waals surface area contributed by atoms with Crippen molar-refractivity contribution in [2.45, 2.75) is 95.8 Å². The number of ether oxygens (including phenoxy) is 9. The molecule has 2 fully saturated rings. The molecule has 20 nitrogen and oxygen atoms in total. The third kappa shape index (κ3) is 17.1. The molecular formula is C45H68N2O18. The quantitative estimate of drug-likeness (QED) is 0.0496. The average Bonchev–Trinajstić information content (AvgIpc) is 3.30. The van der Waals surface area contributed by atoms with E-state index in [9.17, 15) is 39.6 Å². The molecule has 2 aromatic rings. The van der Waals surface area contributed by atoms with Crippen LogP contribution in [-0.2, 0) is 70.2 Å². The molecule has 2 aliphatic heterocycles. The van der Waals surface area contributed by atoms with Crippen LogP contribution in [-0.4, -0.2) is 170 Å². The molecule has 2 aromatic carbocycles. The number of nitrogens with two attached hydrogens (primary N) is 1. The van der Waals surface area contributed by atoms with E-state index >= 15 is 0 Å². The van der Waals surface area contributed by atoms with Crippen LogP contribution in [0.25, 0.3) is 0 Å². The maximum absolute atomic E-state index is 13.0. The van der Waals surface area contributed by atoms with Gasteiger partial charge in [-0.25, -0.2) is 14.4 Å². The number of methoxy groups -OCH3 is 1. The summed E-state index contributed by atoms with van der Waals surface area (Å²) in [5, 5.41) is 47.4. The van der Waals surface area contributed by atoms with Crippen molar-refractivity contribution in [3.8, 4) is 0 Å². The number of aliphatic carboxylic acids is 1. The number of hydrogen-bond donors (Lipinski definition) is 6. The van der Waals surface area contributed by atoms with Crippen molar-refractivity contribution in [3.05, 3.63) is 71.8 Å². The molecule has 366 valence electrons. The third-order valence-electron chi connectivity index (χ3n) is 10.9. The van der Waals surface area contributed by atoms with Gasteiger partial charge in [-0.15, -0.1) is 0 Å². The third-order valence-corrected chi connectivity index (χ3v) is 10.9. The molecule has 10 atom stereocenters. The zero-order valence-corrected chi connectivity index (χ0v) is 37.9. The van der Waals surface area contributed by atoms with Gasteiger partial charge >= 0.3 is 24.0 Å². The van der Waals surface area contributed by atoms with E-state index in [4.69, 9.17) is 53.5 Å². The number of nitrogens with zero attached hydrogens (tertiary/aromatic N) is 1. The minimum Gasteiger partial charge on any atom is -0.477 e. The molecule has 2 saturated heterocycles. The highest BCUT2D eigenvalue weighted by Crippen LogP contribution is 2.41. The Morgan fingerprint density at radius 2 is 1.42 bits per heavy atom. The van der Waals surface area contributed by atoms with Crippen LogP contribution in [0, 0.1) is 17.8 Å². The van der Waals surface area contributed by atoms with E-state index in [0.29, 0.717) is 26.1 Å². The number of carbonyl (C=O) groups is 4. The smallest absolute Gasteiger partial charge is 0.410 e. The van der Waals surface area contributed by atoms with Crippen LogP contribution in [0.1, 0.15) is 51.7 Å². The molecule has 65 heavy (non-hydrogen) atoms. The standard InChI is InChI=1S/C33H45NO9.C12H23NO9/c1-24-20-33(31(36)38-5,43-30(26(24)3)25(2)22-40-27(4)35)42-19-18-39-17-16-34(21-28-12-8-6-9-13-28)32(37)41-23-29-14-10-7-11-15-29;13-1-2-20-3-4-21-12(11(18)19)5-7(15)9(17)10(22-12)8(16)6-14/h6-15,24-26,30H,16-23H2,1-5H3;7-10,14-17H,1-6,13H2,(H,18,19)/t24?,25-,26-,30?,33-;7?,8-,9-,10?,12-/m11/s1. The Morgan fingerprint density at radius 1 is 0.831 bits per heavy atom. The fraction of sp³-hybridized carbons (Fsp3) is 0.644. The summed E-state index contributed by atoms with van der Waals surface area (Å²) in [6.07, 6.45) is -7.17. The van der Waals surface area contributed by atoms with Crippen molar-refractivity contribution in [2.75, 3.05) is 73.1 Å². The fourth-order valence-corrected chi connectivity index (χ4v) is 7.22. The molecule has 4 unspecified atom stereocenters. The summed E-state index contributed by atoms with van der Waals surface area (Å²) in [6, 6.07) is 19.2. The molecule has 0 radical (unpaired) electrons. The molecule has 0 aliphatic carbocycles. The van der Waals surface area contributed by atoms with Gasteiger partial charge in [0.1, 0.15) is 24.9 Å². The van der Waals surface area contributed by atoms with Gasteiger partial charge in [0.25, 0.3) is 11.6 Å². The second-order valence-corrected chi connectivity index (χ2v) is 16.0. The molecular weight excluding hydrogens is 856 g/mol. The monoisotopic (exact) mass is 924 g/mol. The maximum atomic E-state index is 13.0. The lowest BCUT2D eigenvalue weighted by molar-refractivity contribution is -0.325. The second-order valence-electron chi connectivity index (χ2n) is 16.0. The summed E-state index contributed by atoms with van der Waals surface area (Å²) < 4.78 is 49.4. The van der Waals surface area contributed by atoms with Gasteiger partial charge < -0.3 is 78.8 Å². The first-order chi connectivity index (χ1) is 31.0. The first-order valence-electron chi connectivity index (χ1n) is 21.6. The lowest BCUT2D eigenvalue weighted by Gasteiger charge is -2.46. The van der Waals surface area contributed by atoms with Gasteiger partial charge in [-0.1, -0.05) is 81.4 Å². The van der Waals surface area contributed by atoms with Crippen molar-refractivity contribution >= 4 is 24.0 Å². The summed E-state index contributed by atoms with van der Waals surface area (Å²) >= 11 is 0. The highest BCUT2D eigenvalue weighted by atomic mass is 16.7. The largest absolute Gasteiger partial charge is 0.477 e. The molecule has 2 aliphatic rings. The number of benzene rings is 2. The minimum absolute atomic E-state index is 0.0570. The molecule has 1 amide bonds. The highest BCUT2D eigenvalue weighted by Gasteiger charge is 2.55. The van der Waals surface area contributed by atoms with Gasteiger partial charge in [-0.05, 0) is 23.0 Å². The number of carboxylic acid groups (broad SMARTS) is 1. The topological polar surface area (TPSA) is 282 Å². The molecule has 2 heterocycles. The normalized spacial score (nSPS) is 26.1. The van der Waals surface area contributed by atoms with Gasteiger partial charge in [0.05, 0.1) is 72.2 Å². The number of carboxylic acids is 1. The Labute approximate surface area is 379 Å². The summed E-state index contributed by atoms with van der Waals surface area (Å²) in [5.41, 5.74) is 7.10. The lowest BCUT2D eigenvalue weighted by Crippen LogP contribution is -2.62. The Balaban J connectivity index is 0.000000428. The van der Waals surface area contributed by atoms with Crippen molar-refractivity contribution < 1.29 is 87.3 Å². The highest BCUT2D eigenvalue weighted by molar-refractivity contribution is 5.78. The van der Waals surface area contributed by atoms with Crippen LogP contribution in [0.15, 0.2) is 60.7 Å². The number of rotatable bonds is 24. The van der Waals surface area contributed by atoms with E-state index in [0.717, 1.165) is 11.1 Å². The second kappa shape index (κ2) is 28.0. The van der Waals surface area contributed by atoms with E-state index in [1.165, 1.54) is 14.0 Å². The van der Waals surface area contributed by atoms with E-state index in [2.05, 4.69) is 6.92 Å². The number of esters is 2. The van der Waals surface area contributed by atoms with Crippen LogP contribution in [0.2, 0.25) is 0 Å². The van der Waals surface area contributed by atoms with E-state index in [-0.39, 0.29) is 76.6 Å². The average molecular weight is 925 g/mol. The lowest BCUT2D eigenvalue weighted by atomic mass is 9.78. The number of amides is 1. The number of aliphatic hydroxyl groups excluding tert-OH is 4. The van der Waals surface area contributed by atoms with E-state index in [1.807, 2.05) is 74.5 Å². The number of hydrogen-bond acceptors (Lipinski definition) is 18. The van der Waals surface area contributed by atoms with E-state index in [1.54, 1.807) is 4.90 Å². The predicted octanol–water partition coefficient (Wildman–Crippen LogP) is 1.61. The first-order valence-corrected chi connectivity index (χ1v) is 21.6. The zero-order chi connectivity index (χ0) is 48.0. The maximum Gasteiger partial charge on any atom is 0.410 e. The van der Waals surface area contributed by atoms with Gasteiger partial charge in [0.2, 0.25) is 0 Å². The van der Waals surface area contributed by atoms with Crippen molar-refractivity contribution in [1.29, 1.82) is 0 Å². The number of aliphatic hydroxyl groups is 4. The number of carbonyl (C=O) groups excluding carboxylic acids is 3. The SMILES string of the molecule is COC(=O)[C@@]1(OCCOCCN(Cc2ccccc2)C(=O)OCc2ccccc2)CC(C)[C@@H](C)C([C@H](C)COC(C)=O)O1.NCCOCCO[C@]1(C(=O)O)CC(O)[C@@H](O)C([C@H](O)CO)O1. The molecule has 4 rings (SSSR count). The van der Waals surface area contributed by atoms with Crippen LogP contribution in [0.4, 0.5) is 4.79 Å². The minimum atomic E-state index is -2.24. The van der Waals surface area contributed by atoms with Gasteiger partial charge in [0, 0.05) is 45.3 Å². The van der Waals surface area contributed by atoms with Crippen molar-refractivity contribution in [3.63, 3.8) is 0 Å². The predicted molar refractivity (Wildman–Crippen MR) is 229 cm³/mol. The van der Waals surface area contributed by atoms with Gasteiger partial charge in [0.15, 0.2) is 0 Å². The Bertz CT molecular complexity index is 1710. The van der Waals surface area contributed by atoms with Crippen LogP contribution < -0.4 is 5.73 Å². The summed E-state index contributed by atoms with van der Waals surface area (Å²) in [7, 11) is 1.30. The fourth-order valence-electron chi connectivity index (χ4n) is 7.22. The molecule has 0 bridgehead atoms. The van der Waals surface area contributed by atoms with Crippen LogP contribution >= 0.6 is 0 Å². The summed E-state index contributed by atoms with van der Waals surface area (Å²) in [6.45, 7) is 8.55. The van der Waals surface area contributed by atoms with Crippen molar-refractivity contribution in [1.82, 2.24) is 4.90 Å². The molecule has 20 heteroatoms. The van der Waals surface area contributed by atoms with Crippen LogP contribution in [0.3, 0.4) is 0 Å². The summed E-state index contributed by atoms with van der Waals surface area (Å²) in [4.78, 5) is 50.3. The zero-order valence-electron chi connectivity index (χ0n) is 37.9. The van der Waals surface area contributed by atoms with Crippen LogP contribution in [0.5, 0.6) is 0 Å². The molecule has 7 N–H and O–H groups in total. The Morgan fingerprint density at radius 3 is 1.98 bits per heavy atom. The Kier molecular flexibility index (Phi) is 23.7.